The first-order chi connectivity index (χ1) is 10.0. The maximum atomic E-state index is 11.1. The number of aromatic nitrogens is 2. The average Bonchev–Trinajstić information content (AvgIpc) is 2.46. The molecule has 0 spiro atoms. The monoisotopic (exact) mass is 280 g/mol. The van der Waals surface area contributed by atoms with Crippen LogP contribution in [0.2, 0.25) is 0 Å². The summed E-state index contributed by atoms with van der Waals surface area (Å²) in [5, 5.41) is 12.0. The minimum Gasteiger partial charge on any atom is -0.384 e. The number of nitrogen functional groups attached to an aromatic ring is 1. The number of fused-ring (bicyclic) bond motifs is 1. The summed E-state index contributed by atoms with van der Waals surface area (Å²) in [7, 11) is 0. The molecule has 0 bridgehead atoms. The van der Waals surface area contributed by atoms with E-state index in [-0.39, 0.29) is 17.2 Å². The molecule has 0 aliphatic carbocycles. The van der Waals surface area contributed by atoms with Crippen LogP contribution in [0.5, 0.6) is 0 Å². The van der Waals surface area contributed by atoms with Gasteiger partial charge in [-0.3, -0.25) is 15.1 Å². The van der Waals surface area contributed by atoms with Crippen LogP contribution in [0.3, 0.4) is 0 Å². The molecule has 1 aromatic carbocycles. The van der Waals surface area contributed by atoms with Gasteiger partial charge in [0.25, 0.3) is 5.69 Å². The number of nitro groups is 1. The molecule has 0 saturated heterocycles. The molecular weight excluding hydrogens is 268 g/mol. The summed E-state index contributed by atoms with van der Waals surface area (Å²) >= 11 is 0. The summed E-state index contributed by atoms with van der Waals surface area (Å²) in [4.78, 5) is 19.2. The molecule has 6 nitrogen and oxygen atoms in total. The van der Waals surface area contributed by atoms with Crippen molar-refractivity contribution in [2.75, 3.05) is 5.73 Å². The number of hydrogen-bond donors (Lipinski definition) is 1. The highest BCUT2D eigenvalue weighted by Gasteiger charge is 2.17. The van der Waals surface area contributed by atoms with Gasteiger partial charge in [-0.1, -0.05) is 12.1 Å². The van der Waals surface area contributed by atoms with Gasteiger partial charge in [-0.25, -0.2) is 4.98 Å². The van der Waals surface area contributed by atoms with Crippen LogP contribution in [0.4, 0.5) is 11.5 Å². The quantitative estimate of drug-likeness (QED) is 0.575. The highest BCUT2D eigenvalue weighted by atomic mass is 16.6. The van der Waals surface area contributed by atoms with Crippen LogP contribution in [-0.4, -0.2) is 14.9 Å². The molecule has 0 atom stereocenters. The van der Waals surface area contributed by atoms with E-state index < -0.39 is 4.92 Å². The maximum absolute atomic E-state index is 11.1. The van der Waals surface area contributed by atoms with E-state index in [1.54, 1.807) is 6.07 Å². The number of rotatable bonds is 2. The van der Waals surface area contributed by atoms with Gasteiger partial charge in [0.15, 0.2) is 5.69 Å². The van der Waals surface area contributed by atoms with Crippen LogP contribution >= 0.6 is 0 Å². The van der Waals surface area contributed by atoms with Gasteiger partial charge in [0, 0.05) is 22.7 Å². The molecule has 3 aromatic rings. The molecule has 0 saturated carbocycles. The van der Waals surface area contributed by atoms with Gasteiger partial charge in [-0.05, 0) is 31.2 Å². The van der Waals surface area contributed by atoms with Crippen molar-refractivity contribution in [3.05, 3.63) is 58.3 Å². The summed E-state index contributed by atoms with van der Waals surface area (Å²) < 4.78 is 0. The Labute approximate surface area is 120 Å². The molecule has 0 fully saturated rings. The summed E-state index contributed by atoms with van der Waals surface area (Å²) in [5.74, 6) is 0.248. The lowest BCUT2D eigenvalue weighted by atomic mass is 10.1. The van der Waals surface area contributed by atoms with E-state index in [1.807, 2.05) is 31.2 Å². The van der Waals surface area contributed by atoms with Gasteiger partial charge in [-0.15, -0.1) is 0 Å². The summed E-state index contributed by atoms with van der Waals surface area (Å²) in [6.45, 7) is 1.91. The summed E-state index contributed by atoms with van der Waals surface area (Å²) in [6, 6.07) is 12.0. The van der Waals surface area contributed by atoms with Crippen LogP contribution in [0, 0.1) is 17.0 Å². The van der Waals surface area contributed by atoms with Crippen molar-refractivity contribution in [1.82, 2.24) is 9.97 Å². The van der Waals surface area contributed by atoms with Gasteiger partial charge in [0.2, 0.25) is 0 Å². The van der Waals surface area contributed by atoms with Gasteiger partial charge in [0.1, 0.15) is 5.82 Å². The predicted molar refractivity (Wildman–Crippen MR) is 80.8 cm³/mol. The van der Waals surface area contributed by atoms with Gasteiger partial charge in [-0.2, -0.15) is 0 Å². The molecule has 2 N–H and O–H groups in total. The van der Waals surface area contributed by atoms with Crippen LogP contribution in [-0.2, 0) is 0 Å². The number of nitrogens with zero attached hydrogens (tertiary/aromatic N) is 3. The van der Waals surface area contributed by atoms with Crippen LogP contribution < -0.4 is 5.73 Å². The zero-order valence-corrected chi connectivity index (χ0v) is 11.3. The van der Waals surface area contributed by atoms with E-state index in [1.165, 1.54) is 12.1 Å². The standard InChI is InChI=1S/C15H12N4O2/c1-9-2-3-10-8-11(4-5-12(10)17-9)15-13(19(20)21)6-7-14(16)18-15/h2-8H,1H3,(H2,16,18). The number of pyridine rings is 2. The van der Waals surface area contributed by atoms with Crippen molar-refractivity contribution in [3.8, 4) is 11.3 Å². The lowest BCUT2D eigenvalue weighted by molar-refractivity contribution is -0.384. The lowest BCUT2D eigenvalue weighted by Crippen LogP contribution is -1.98. The van der Waals surface area contributed by atoms with E-state index in [2.05, 4.69) is 9.97 Å². The molecule has 104 valence electrons. The Morgan fingerprint density at radius 3 is 2.67 bits per heavy atom. The third-order valence-corrected chi connectivity index (χ3v) is 3.19. The van der Waals surface area contributed by atoms with Crippen molar-refractivity contribution in [1.29, 1.82) is 0 Å². The van der Waals surface area contributed by atoms with Crippen molar-refractivity contribution >= 4 is 22.4 Å². The van der Waals surface area contributed by atoms with Gasteiger partial charge in [0.05, 0.1) is 10.4 Å². The average molecular weight is 280 g/mol. The Morgan fingerprint density at radius 1 is 1.10 bits per heavy atom. The second kappa shape index (κ2) is 4.82. The Kier molecular flexibility index (Phi) is 2.98. The number of hydrogen-bond acceptors (Lipinski definition) is 5. The molecular formula is C15H12N4O2. The predicted octanol–water partition coefficient (Wildman–Crippen LogP) is 3.10. The van der Waals surface area contributed by atoms with E-state index in [4.69, 9.17) is 5.73 Å². The molecule has 0 aliphatic rings. The first kappa shape index (κ1) is 13.0. The zero-order chi connectivity index (χ0) is 15.0. The smallest absolute Gasteiger partial charge is 0.295 e. The molecule has 6 heteroatoms. The molecule has 0 unspecified atom stereocenters. The van der Waals surface area contributed by atoms with Crippen LogP contribution in [0.25, 0.3) is 22.2 Å². The maximum Gasteiger partial charge on any atom is 0.295 e. The number of benzene rings is 1. The third-order valence-electron chi connectivity index (χ3n) is 3.19. The first-order valence-corrected chi connectivity index (χ1v) is 6.33. The minimum atomic E-state index is -0.459. The Morgan fingerprint density at radius 2 is 1.90 bits per heavy atom. The zero-order valence-electron chi connectivity index (χ0n) is 11.3. The number of aryl methyl sites for hydroxylation is 1. The normalized spacial score (nSPS) is 10.7. The summed E-state index contributed by atoms with van der Waals surface area (Å²) in [6.07, 6.45) is 0. The van der Waals surface area contributed by atoms with Gasteiger partial charge < -0.3 is 5.73 Å². The van der Waals surface area contributed by atoms with Crippen LogP contribution in [0.1, 0.15) is 5.69 Å². The third kappa shape index (κ3) is 2.38. The van der Waals surface area contributed by atoms with Crippen LogP contribution in [0.15, 0.2) is 42.5 Å². The van der Waals surface area contributed by atoms with Crippen molar-refractivity contribution in [2.45, 2.75) is 6.92 Å². The Balaban J connectivity index is 2.23. The summed E-state index contributed by atoms with van der Waals surface area (Å²) in [5.41, 5.74) is 8.26. The number of nitrogens with two attached hydrogens (primary N) is 1. The second-order valence-electron chi connectivity index (χ2n) is 4.72. The van der Waals surface area contributed by atoms with E-state index >= 15 is 0 Å². The highest BCUT2D eigenvalue weighted by Crippen LogP contribution is 2.30. The molecule has 2 aromatic heterocycles. The SMILES string of the molecule is Cc1ccc2cc(-c3nc(N)ccc3[N+](=O)[O-])ccc2n1. The Bertz CT molecular complexity index is 861. The minimum absolute atomic E-state index is 0.0661. The highest BCUT2D eigenvalue weighted by molar-refractivity contribution is 5.85. The molecule has 0 amide bonds. The molecule has 2 heterocycles. The van der Waals surface area contributed by atoms with E-state index in [0.29, 0.717) is 5.56 Å². The largest absolute Gasteiger partial charge is 0.384 e. The molecule has 21 heavy (non-hydrogen) atoms. The van der Waals surface area contributed by atoms with Crippen molar-refractivity contribution in [3.63, 3.8) is 0 Å². The van der Waals surface area contributed by atoms with Gasteiger partial charge >= 0.3 is 0 Å². The second-order valence-corrected chi connectivity index (χ2v) is 4.72. The fourth-order valence-corrected chi connectivity index (χ4v) is 2.20. The fraction of sp³-hybridized carbons (Fsp3) is 0.0667. The topological polar surface area (TPSA) is 94.9 Å². The van der Waals surface area contributed by atoms with E-state index in [9.17, 15) is 10.1 Å². The Hall–Kier alpha value is -3.02. The molecule has 0 aliphatic heterocycles. The first-order valence-electron chi connectivity index (χ1n) is 6.33. The molecule has 0 radical (unpaired) electrons. The number of anilines is 1. The van der Waals surface area contributed by atoms with Crippen molar-refractivity contribution < 1.29 is 4.92 Å². The van der Waals surface area contributed by atoms with E-state index in [0.717, 1.165) is 16.6 Å². The van der Waals surface area contributed by atoms with Crippen molar-refractivity contribution in [2.24, 2.45) is 0 Å². The lowest BCUT2D eigenvalue weighted by Gasteiger charge is -2.05. The molecule has 3 rings (SSSR count). The fourth-order valence-electron chi connectivity index (χ4n) is 2.20.